The minimum atomic E-state index is -0.919. The monoisotopic (exact) mass is 461 g/mol. The molecular formula is C26H33F2NO4. The van der Waals surface area contributed by atoms with E-state index in [0.29, 0.717) is 43.7 Å². The van der Waals surface area contributed by atoms with E-state index in [-0.39, 0.29) is 29.9 Å². The van der Waals surface area contributed by atoms with Crippen LogP contribution in [0.5, 0.6) is 11.5 Å². The molecule has 2 aliphatic rings. The van der Waals surface area contributed by atoms with Crippen LogP contribution >= 0.6 is 0 Å². The fourth-order valence-corrected chi connectivity index (χ4v) is 4.76. The molecule has 0 radical (unpaired) electrons. The zero-order valence-corrected chi connectivity index (χ0v) is 19.7. The van der Waals surface area contributed by atoms with Gasteiger partial charge in [-0.15, -0.1) is 0 Å². The summed E-state index contributed by atoms with van der Waals surface area (Å²) in [7, 11) is 0. The predicted octanol–water partition coefficient (Wildman–Crippen LogP) is 5.53. The first kappa shape index (κ1) is 23.9. The third-order valence-corrected chi connectivity index (χ3v) is 6.31. The second-order valence-corrected chi connectivity index (χ2v) is 9.61. The maximum atomic E-state index is 14.4. The quantitative estimate of drug-likeness (QED) is 0.613. The molecule has 2 heterocycles. The average molecular weight is 462 g/mol. The molecule has 0 amide bonds. The summed E-state index contributed by atoms with van der Waals surface area (Å²) in [6.07, 6.45) is 0.684. The Bertz CT molecular complexity index is 973. The third kappa shape index (κ3) is 5.31. The number of ether oxygens (including phenoxy) is 3. The summed E-state index contributed by atoms with van der Waals surface area (Å²) in [4.78, 5) is 1.92. The number of fused-ring (bicyclic) bond motifs is 1. The molecule has 2 aromatic carbocycles. The Labute approximate surface area is 194 Å². The molecule has 7 heteroatoms. The first-order chi connectivity index (χ1) is 15.7. The fourth-order valence-electron chi connectivity index (χ4n) is 4.76. The fraction of sp³-hybridized carbons (Fsp3) is 0.538. The van der Waals surface area contributed by atoms with Gasteiger partial charge in [-0.05, 0) is 63.6 Å². The van der Waals surface area contributed by atoms with Crippen LogP contribution in [0.2, 0.25) is 0 Å². The Morgan fingerprint density at radius 1 is 1.03 bits per heavy atom. The van der Waals surface area contributed by atoms with Crippen molar-refractivity contribution in [2.75, 3.05) is 13.1 Å². The Kier molecular flexibility index (Phi) is 6.93. The number of rotatable bonds is 6. The highest BCUT2D eigenvalue weighted by atomic mass is 19.1. The highest BCUT2D eigenvalue weighted by molar-refractivity contribution is 5.39. The van der Waals surface area contributed by atoms with E-state index in [4.69, 9.17) is 14.2 Å². The van der Waals surface area contributed by atoms with Crippen molar-refractivity contribution >= 4 is 0 Å². The zero-order valence-electron chi connectivity index (χ0n) is 19.7. The van der Waals surface area contributed by atoms with Gasteiger partial charge in [0.05, 0.1) is 18.3 Å². The molecule has 0 aromatic heterocycles. The van der Waals surface area contributed by atoms with E-state index >= 15 is 0 Å². The first-order valence-electron chi connectivity index (χ1n) is 11.7. The van der Waals surface area contributed by atoms with Gasteiger partial charge in [0.2, 0.25) is 0 Å². The molecule has 1 N–H and O–H groups in total. The molecule has 2 aliphatic heterocycles. The van der Waals surface area contributed by atoms with Crippen molar-refractivity contribution in [3.63, 3.8) is 0 Å². The SMILES string of the molecule is CC(C)Oc1ccc(C(O)N2CCC3(CC2)C[C@@H](OC(C)C)c2cc(F)ccc2O3)cc1F. The minimum absolute atomic E-state index is 0.000669. The number of hydrogen-bond acceptors (Lipinski definition) is 5. The maximum absolute atomic E-state index is 14.4. The molecule has 0 bridgehead atoms. The number of hydrogen-bond donors (Lipinski definition) is 1. The molecule has 4 rings (SSSR count). The number of likely N-dealkylation sites (tertiary alicyclic amines) is 1. The molecule has 180 valence electrons. The molecule has 2 atom stereocenters. The van der Waals surface area contributed by atoms with Crippen molar-refractivity contribution in [3.8, 4) is 11.5 Å². The van der Waals surface area contributed by atoms with Crippen LogP contribution in [0, 0.1) is 11.6 Å². The van der Waals surface area contributed by atoms with Crippen LogP contribution in [-0.4, -0.2) is 40.9 Å². The van der Waals surface area contributed by atoms with E-state index in [0.717, 1.165) is 5.56 Å². The molecular weight excluding hydrogens is 428 g/mol. The summed E-state index contributed by atoms with van der Waals surface area (Å²) in [6.45, 7) is 8.78. The van der Waals surface area contributed by atoms with Crippen LogP contribution in [0.4, 0.5) is 8.78 Å². The highest BCUT2D eigenvalue weighted by Gasteiger charge is 2.45. The standard InChI is InChI=1S/C26H33F2NO4/c1-16(2)31-23-7-5-18(13-21(23)28)25(30)29-11-9-26(10-12-29)15-24(32-17(3)4)20-14-19(27)6-8-22(20)33-26/h5-8,13-14,16-17,24-25,30H,9-12,15H2,1-4H3/t24-,25?/m1/s1. The van der Waals surface area contributed by atoms with Crippen molar-refractivity contribution in [1.82, 2.24) is 4.90 Å². The number of aliphatic hydroxyl groups excluding tert-OH is 1. The second-order valence-electron chi connectivity index (χ2n) is 9.61. The van der Waals surface area contributed by atoms with Gasteiger partial charge in [-0.3, -0.25) is 4.90 Å². The predicted molar refractivity (Wildman–Crippen MR) is 121 cm³/mol. The Morgan fingerprint density at radius 3 is 2.39 bits per heavy atom. The smallest absolute Gasteiger partial charge is 0.165 e. The van der Waals surface area contributed by atoms with Crippen LogP contribution in [0.1, 0.15) is 70.4 Å². The Balaban J connectivity index is 1.46. The van der Waals surface area contributed by atoms with Gasteiger partial charge in [0.1, 0.15) is 23.4 Å². The summed E-state index contributed by atoms with van der Waals surface area (Å²) in [5.74, 6) is 0.0491. The lowest BCUT2D eigenvalue weighted by molar-refractivity contribution is -0.109. The first-order valence-corrected chi connectivity index (χ1v) is 11.7. The summed E-state index contributed by atoms with van der Waals surface area (Å²) in [6, 6.07) is 9.17. The van der Waals surface area contributed by atoms with Gasteiger partial charge in [0.15, 0.2) is 11.6 Å². The number of halogens is 2. The molecule has 0 saturated carbocycles. The van der Waals surface area contributed by atoms with Gasteiger partial charge in [-0.25, -0.2) is 8.78 Å². The largest absolute Gasteiger partial charge is 0.488 e. The van der Waals surface area contributed by atoms with Gasteiger partial charge >= 0.3 is 0 Å². The molecule has 1 saturated heterocycles. The highest BCUT2D eigenvalue weighted by Crippen LogP contribution is 2.47. The summed E-state index contributed by atoms with van der Waals surface area (Å²) >= 11 is 0. The average Bonchev–Trinajstić information content (AvgIpc) is 2.75. The van der Waals surface area contributed by atoms with E-state index in [1.54, 1.807) is 18.2 Å². The maximum Gasteiger partial charge on any atom is 0.165 e. The van der Waals surface area contributed by atoms with E-state index < -0.39 is 17.6 Å². The van der Waals surface area contributed by atoms with Gasteiger partial charge in [-0.2, -0.15) is 0 Å². The molecule has 33 heavy (non-hydrogen) atoms. The van der Waals surface area contributed by atoms with Crippen molar-refractivity contribution in [2.24, 2.45) is 0 Å². The Morgan fingerprint density at radius 2 is 1.76 bits per heavy atom. The second kappa shape index (κ2) is 9.57. The summed E-state index contributed by atoms with van der Waals surface area (Å²) < 4.78 is 46.3. The van der Waals surface area contributed by atoms with E-state index in [2.05, 4.69) is 0 Å². The van der Waals surface area contributed by atoms with Gasteiger partial charge < -0.3 is 19.3 Å². The van der Waals surface area contributed by atoms with Crippen LogP contribution in [0.15, 0.2) is 36.4 Å². The van der Waals surface area contributed by atoms with E-state index in [9.17, 15) is 13.9 Å². The van der Waals surface area contributed by atoms with Gasteiger partial charge in [-0.1, -0.05) is 6.07 Å². The normalized spacial score (nSPS) is 21.2. The van der Waals surface area contributed by atoms with Crippen LogP contribution in [-0.2, 0) is 4.74 Å². The van der Waals surface area contributed by atoms with Crippen LogP contribution in [0.3, 0.4) is 0 Å². The third-order valence-electron chi connectivity index (χ3n) is 6.31. The topological polar surface area (TPSA) is 51.2 Å². The van der Waals surface area contributed by atoms with E-state index in [1.165, 1.54) is 18.2 Å². The molecule has 5 nitrogen and oxygen atoms in total. The number of piperidine rings is 1. The van der Waals surface area contributed by atoms with E-state index in [1.807, 2.05) is 32.6 Å². The molecule has 0 aliphatic carbocycles. The lowest BCUT2D eigenvalue weighted by Crippen LogP contribution is -2.51. The molecule has 2 aromatic rings. The van der Waals surface area contributed by atoms with Crippen molar-refractivity contribution in [1.29, 1.82) is 0 Å². The van der Waals surface area contributed by atoms with Crippen molar-refractivity contribution in [3.05, 3.63) is 59.2 Å². The summed E-state index contributed by atoms with van der Waals surface area (Å²) in [5.41, 5.74) is 0.794. The lowest BCUT2D eigenvalue weighted by atomic mass is 9.81. The van der Waals surface area contributed by atoms with Crippen LogP contribution in [0.25, 0.3) is 0 Å². The molecule has 1 fully saturated rings. The minimum Gasteiger partial charge on any atom is -0.488 e. The number of benzene rings is 2. The Hall–Kier alpha value is -2.22. The molecule has 1 unspecified atom stereocenters. The van der Waals surface area contributed by atoms with Crippen molar-refractivity contribution in [2.45, 2.75) is 77.1 Å². The summed E-state index contributed by atoms with van der Waals surface area (Å²) in [5, 5.41) is 10.9. The lowest BCUT2D eigenvalue weighted by Gasteiger charge is -2.47. The van der Waals surface area contributed by atoms with Crippen molar-refractivity contribution < 1.29 is 28.1 Å². The van der Waals surface area contributed by atoms with Gasteiger partial charge in [0, 0.05) is 37.9 Å². The zero-order chi connectivity index (χ0) is 23.8. The van der Waals surface area contributed by atoms with Crippen LogP contribution < -0.4 is 9.47 Å². The molecule has 1 spiro atoms. The number of nitrogens with zero attached hydrogens (tertiary/aromatic N) is 1. The number of aliphatic hydroxyl groups is 1. The van der Waals surface area contributed by atoms with Gasteiger partial charge in [0.25, 0.3) is 0 Å².